The Morgan fingerprint density at radius 3 is 2.36 bits per heavy atom. The van der Waals surface area contributed by atoms with E-state index in [9.17, 15) is 0 Å². The molecule has 1 heterocycles. The molecule has 2 aliphatic rings. The molecule has 0 N–H and O–H groups in total. The van der Waals surface area contributed by atoms with Crippen LogP contribution in [0.3, 0.4) is 0 Å². The first kappa shape index (κ1) is 13.4. The zero-order valence-electron chi connectivity index (χ0n) is 14.3. The van der Waals surface area contributed by atoms with E-state index >= 15 is 0 Å². The van der Waals surface area contributed by atoms with Crippen molar-refractivity contribution in [2.24, 2.45) is 0 Å². The van der Waals surface area contributed by atoms with E-state index in [-0.39, 0.29) is 5.41 Å². The van der Waals surface area contributed by atoms with Gasteiger partial charge in [0.25, 0.3) is 0 Å². The van der Waals surface area contributed by atoms with Crippen molar-refractivity contribution < 1.29 is 0 Å². The molecule has 4 aromatic rings. The summed E-state index contributed by atoms with van der Waals surface area (Å²) < 4.78 is 0. The van der Waals surface area contributed by atoms with Crippen LogP contribution in [0.15, 0.2) is 66.9 Å². The number of nitrogens with zero attached hydrogens (tertiary/aromatic N) is 1. The van der Waals surface area contributed by atoms with Gasteiger partial charge in [0.2, 0.25) is 0 Å². The summed E-state index contributed by atoms with van der Waals surface area (Å²) in [6.45, 7) is 4.69. The van der Waals surface area contributed by atoms with Gasteiger partial charge in [-0.15, -0.1) is 0 Å². The van der Waals surface area contributed by atoms with E-state index in [1.807, 2.05) is 12.3 Å². The predicted octanol–water partition coefficient (Wildman–Crippen LogP) is 6.19. The number of hydrogen-bond donors (Lipinski definition) is 0. The van der Waals surface area contributed by atoms with E-state index in [2.05, 4.69) is 68.4 Å². The molecular formula is C24H17N. The molecule has 0 unspecified atom stereocenters. The van der Waals surface area contributed by atoms with Gasteiger partial charge in [-0.25, -0.2) is 0 Å². The number of fused-ring (bicyclic) bond motifs is 3. The summed E-state index contributed by atoms with van der Waals surface area (Å²) in [6, 6.07) is 22.2. The van der Waals surface area contributed by atoms with Crippen molar-refractivity contribution >= 4 is 10.8 Å². The van der Waals surface area contributed by atoms with Crippen molar-refractivity contribution in [1.82, 2.24) is 4.98 Å². The van der Waals surface area contributed by atoms with Crippen LogP contribution in [-0.2, 0) is 5.41 Å². The van der Waals surface area contributed by atoms with Crippen LogP contribution in [0.2, 0.25) is 0 Å². The van der Waals surface area contributed by atoms with Gasteiger partial charge in [-0.05, 0) is 44.7 Å². The summed E-state index contributed by atoms with van der Waals surface area (Å²) in [6.07, 6.45) is 1.91. The van der Waals surface area contributed by atoms with Crippen LogP contribution < -0.4 is 0 Å². The van der Waals surface area contributed by atoms with Crippen molar-refractivity contribution in [1.29, 1.82) is 0 Å². The average Bonchev–Trinajstić information content (AvgIpc) is 2.80. The summed E-state index contributed by atoms with van der Waals surface area (Å²) >= 11 is 0. The molecule has 2 aliphatic carbocycles. The SMILES string of the molecule is CC1(C)c2cccc3c2-c2c1ccc1cccc(c21)-c1cccnc1-3. The first-order valence-electron chi connectivity index (χ1n) is 8.84. The molecule has 0 fully saturated rings. The largest absolute Gasteiger partial charge is 0.256 e. The quantitative estimate of drug-likeness (QED) is 0.332. The molecule has 1 aromatic heterocycles. The second-order valence-corrected chi connectivity index (χ2v) is 7.64. The van der Waals surface area contributed by atoms with Crippen molar-refractivity contribution in [3.05, 3.63) is 78.0 Å². The standard InChI is InChI=1S/C24H17N/c1-24(2)18-10-4-8-17-21(18)22-19(24)12-11-14-6-3-7-15(20(14)22)16-9-5-13-25-23(16)17/h3-13H,1-2H3. The lowest BCUT2D eigenvalue weighted by molar-refractivity contribution is 0.661. The first-order valence-corrected chi connectivity index (χ1v) is 8.84. The van der Waals surface area contributed by atoms with Crippen molar-refractivity contribution in [2.45, 2.75) is 19.3 Å². The molecule has 1 heteroatoms. The highest BCUT2D eigenvalue weighted by Gasteiger charge is 2.39. The molecule has 0 saturated heterocycles. The smallest absolute Gasteiger partial charge is 0.0786 e. The Balaban J connectivity index is 1.99. The Bertz CT molecular complexity index is 1210. The lowest BCUT2D eigenvalue weighted by Gasteiger charge is -2.22. The normalized spacial score (nSPS) is 15.1. The maximum atomic E-state index is 4.80. The van der Waals surface area contributed by atoms with Crippen LogP contribution in [-0.4, -0.2) is 4.98 Å². The van der Waals surface area contributed by atoms with Gasteiger partial charge in [-0.3, -0.25) is 4.98 Å². The molecule has 0 saturated carbocycles. The highest BCUT2D eigenvalue weighted by atomic mass is 14.7. The summed E-state index contributed by atoms with van der Waals surface area (Å²) in [4.78, 5) is 4.80. The van der Waals surface area contributed by atoms with E-state index in [4.69, 9.17) is 4.98 Å². The molecule has 0 spiro atoms. The summed E-state index contributed by atoms with van der Waals surface area (Å²) in [5.74, 6) is 0. The lowest BCUT2D eigenvalue weighted by atomic mass is 9.81. The Morgan fingerprint density at radius 2 is 1.44 bits per heavy atom. The number of pyridine rings is 1. The fourth-order valence-electron chi connectivity index (χ4n) is 4.91. The highest BCUT2D eigenvalue weighted by Crippen LogP contribution is 2.57. The maximum absolute atomic E-state index is 4.80. The van der Waals surface area contributed by atoms with Gasteiger partial charge >= 0.3 is 0 Å². The van der Waals surface area contributed by atoms with Gasteiger partial charge < -0.3 is 0 Å². The average molecular weight is 319 g/mol. The molecule has 0 atom stereocenters. The first-order chi connectivity index (χ1) is 12.2. The molecule has 0 bridgehead atoms. The van der Waals surface area contributed by atoms with Crippen LogP contribution in [0.1, 0.15) is 25.0 Å². The van der Waals surface area contributed by atoms with Gasteiger partial charge in [0.05, 0.1) is 5.69 Å². The molecule has 25 heavy (non-hydrogen) atoms. The summed E-state index contributed by atoms with van der Waals surface area (Å²) in [5, 5.41) is 2.69. The van der Waals surface area contributed by atoms with Crippen molar-refractivity contribution in [2.75, 3.05) is 0 Å². The Labute approximate surface area is 147 Å². The molecule has 3 aromatic carbocycles. The van der Waals surface area contributed by atoms with E-state index in [0.717, 1.165) is 5.69 Å². The minimum Gasteiger partial charge on any atom is -0.256 e. The van der Waals surface area contributed by atoms with Crippen LogP contribution in [0.25, 0.3) is 44.3 Å². The Hall–Kier alpha value is -2.93. The van der Waals surface area contributed by atoms with Gasteiger partial charge in [0.15, 0.2) is 0 Å². The number of rotatable bonds is 0. The molecule has 118 valence electrons. The molecule has 6 rings (SSSR count). The van der Waals surface area contributed by atoms with Crippen molar-refractivity contribution in [3.63, 3.8) is 0 Å². The van der Waals surface area contributed by atoms with Gasteiger partial charge in [-0.1, -0.05) is 68.4 Å². The minimum atomic E-state index is 0.0221. The molecule has 0 aliphatic heterocycles. The topological polar surface area (TPSA) is 12.9 Å². The van der Waals surface area contributed by atoms with E-state index < -0.39 is 0 Å². The fourth-order valence-corrected chi connectivity index (χ4v) is 4.91. The van der Waals surface area contributed by atoms with Crippen molar-refractivity contribution in [3.8, 4) is 33.5 Å². The second kappa shape index (κ2) is 4.18. The van der Waals surface area contributed by atoms with E-state index in [1.54, 1.807) is 0 Å². The summed E-state index contributed by atoms with van der Waals surface area (Å²) in [5.41, 5.74) is 10.6. The molecule has 0 radical (unpaired) electrons. The zero-order chi connectivity index (χ0) is 16.8. The third-order valence-electron chi connectivity index (χ3n) is 6.06. The second-order valence-electron chi connectivity index (χ2n) is 7.64. The number of hydrogen-bond acceptors (Lipinski definition) is 1. The van der Waals surface area contributed by atoms with Gasteiger partial charge in [0.1, 0.15) is 0 Å². The molecule has 1 nitrogen and oxygen atoms in total. The fraction of sp³-hybridized carbons (Fsp3) is 0.125. The predicted molar refractivity (Wildman–Crippen MR) is 104 cm³/mol. The molecule has 0 amide bonds. The third-order valence-corrected chi connectivity index (χ3v) is 6.06. The Morgan fingerprint density at radius 1 is 0.680 bits per heavy atom. The third kappa shape index (κ3) is 1.44. The van der Waals surface area contributed by atoms with Crippen LogP contribution in [0, 0.1) is 0 Å². The highest BCUT2D eigenvalue weighted by molar-refractivity contribution is 6.16. The molecular weight excluding hydrogens is 302 g/mol. The van der Waals surface area contributed by atoms with Gasteiger partial charge in [-0.2, -0.15) is 0 Å². The minimum absolute atomic E-state index is 0.0221. The maximum Gasteiger partial charge on any atom is 0.0786 e. The Kier molecular flexibility index (Phi) is 2.23. The monoisotopic (exact) mass is 319 g/mol. The van der Waals surface area contributed by atoms with Crippen LogP contribution >= 0.6 is 0 Å². The van der Waals surface area contributed by atoms with Crippen LogP contribution in [0.4, 0.5) is 0 Å². The number of aromatic nitrogens is 1. The number of benzene rings is 3. The van der Waals surface area contributed by atoms with Gasteiger partial charge in [0, 0.05) is 22.7 Å². The van der Waals surface area contributed by atoms with E-state index in [1.165, 1.54) is 49.7 Å². The zero-order valence-corrected chi connectivity index (χ0v) is 14.3. The van der Waals surface area contributed by atoms with Crippen LogP contribution in [0.5, 0.6) is 0 Å². The lowest BCUT2D eigenvalue weighted by Crippen LogP contribution is -2.15. The summed E-state index contributed by atoms with van der Waals surface area (Å²) in [7, 11) is 0. The van der Waals surface area contributed by atoms with E-state index in [0.29, 0.717) is 0 Å².